The van der Waals surface area contributed by atoms with Crippen LogP contribution in [0.3, 0.4) is 0 Å². The number of ether oxygens (including phenoxy) is 2. The van der Waals surface area contributed by atoms with Crippen molar-refractivity contribution in [3.8, 4) is 5.75 Å². The van der Waals surface area contributed by atoms with Gasteiger partial charge in [0.05, 0.1) is 6.26 Å². The van der Waals surface area contributed by atoms with Gasteiger partial charge in [-0.2, -0.15) is 0 Å². The van der Waals surface area contributed by atoms with E-state index in [0.29, 0.717) is 12.2 Å². The van der Waals surface area contributed by atoms with Crippen molar-refractivity contribution in [3.63, 3.8) is 0 Å². The molecule has 0 bridgehead atoms. The van der Waals surface area contributed by atoms with Crippen LogP contribution in [0.2, 0.25) is 0 Å². The van der Waals surface area contributed by atoms with Crippen molar-refractivity contribution >= 4 is 5.97 Å². The van der Waals surface area contributed by atoms with Crippen LogP contribution in [-0.4, -0.2) is 12.1 Å². The van der Waals surface area contributed by atoms with Crippen LogP contribution in [-0.2, 0) is 22.6 Å². The number of aryl methyl sites for hydroxylation is 1. The van der Waals surface area contributed by atoms with Gasteiger partial charge in [0.2, 0.25) is 0 Å². The fourth-order valence-corrected chi connectivity index (χ4v) is 2.85. The van der Waals surface area contributed by atoms with E-state index in [2.05, 4.69) is 12.1 Å². The zero-order chi connectivity index (χ0) is 19.9. The molecule has 0 aliphatic rings. The Hall–Kier alpha value is -3.01. The third-order valence-corrected chi connectivity index (χ3v) is 4.43. The summed E-state index contributed by atoms with van der Waals surface area (Å²) in [6.07, 6.45) is 1.69. The van der Waals surface area contributed by atoms with Crippen LogP contribution < -0.4 is 4.74 Å². The highest BCUT2D eigenvalue weighted by Gasteiger charge is 2.26. The average molecular weight is 378 g/mol. The Bertz CT molecular complexity index is 878. The van der Waals surface area contributed by atoms with E-state index in [1.54, 1.807) is 6.26 Å². The summed E-state index contributed by atoms with van der Waals surface area (Å²) >= 11 is 0. The van der Waals surface area contributed by atoms with Gasteiger partial charge in [0.15, 0.2) is 6.10 Å². The Kier molecular flexibility index (Phi) is 6.53. The first-order valence-corrected chi connectivity index (χ1v) is 9.51. The smallest absolute Gasteiger partial charge is 0.347 e. The minimum absolute atomic E-state index is 0.00760. The molecule has 1 aromatic heterocycles. The lowest BCUT2D eigenvalue weighted by Crippen LogP contribution is -2.34. The SMILES string of the molecule is Cc1ccc(OC(C(=O)OCc2coc(Cc3ccccc3)c2)C(C)C)cc1. The molecule has 28 heavy (non-hydrogen) atoms. The lowest BCUT2D eigenvalue weighted by Gasteiger charge is -2.21. The fourth-order valence-electron chi connectivity index (χ4n) is 2.85. The highest BCUT2D eigenvalue weighted by atomic mass is 16.6. The minimum Gasteiger partial charge on any atom is -0.478 e. The Morgan fingerprint density at radius 2 is 1.71 bits per heavy atom. The Labute approximate surface area is 166 Å². The van der Waals surface area contributed by atoms with Gasteiger partial charge in [-0.15, -0.1) is 0 Å². The molecule has 3 rings (SSSR count). The maximum Gasteiger partial charge on any atom is 0.347 e. The van der Waals surface area contributed by atoms with E-state index in [4.69, 9.17) is 13.9 Å². The van der Waals surface area contributed by atoms with Gasteiger partial charge in [-0.1, -0.05) is 61.9 Å². The average Bonchev–Trinajstić information content (AvgIpc) is 3.13. The number of carbonyl (C=O) groups is 1. The van der Waals surface area contributed by atoms with E-state index in [1.807, 2.05) is 69.3 Å². The third-order valence-electron chi connectivity index (χ3n) is 4.43. The van der Waals surface area contributed by atoms with E-state index >= 15 is 0 Å². The second-order valence-electron chi connectivity index (χ2n) is 7.29. The van der Waals surface area contributed by atoms with E-state index in [1.165, 1.54) is 5.56 Å². The lowest BCUT2D eigenvalue weighted by atomic mass is 10.1. The summed E-state index contributed by atoms with van der Waals surface area (Å²) in [7, 11) is 0. The molecule has 4 heteroatoms. The standard InChI is InChI=1S/C24H26O4/c1-17(2)23(28-21-11-9-18(3)10-12-21)24(25)27-16-20-14-22(26-15-20)13-19-7-5-4-6-8-19/h4-12,14-15,17,23H,13,16H2,1-3H3. The van der Waals surface area contributed by atoms with Gasteiger partial charge in [-0.25, -0.2) is 4.79 Å². The summed E-state index contributed by atoms with van der Waals surface area (Å²) in [5.74, 6) is 1.12. The predicted molar refractivity (Wildman–Crippen MR) is 108 cm³/mol. The summed E-state index contributed by atoms with van der Waals surface area (Å²) in [6.45, 7) is 6.05. The monoisotopic (exact) mass is 378 g/mol. The first-order valence-electron chi connectivity index (χ1n) is 9.51. The minimum atomic E-state index is -0.654. The van der Waals surface area contributed by atoms with Crippen LogP contribution in [0.1, 0.15) is 36.3 Å². The van der Waals surface area contributed by atoms with Crippen molar-refractivity contribution in [2.75, 3.05) is 0 Å². The van der Waals surface area contributed by atoms with Gasteiger partial charge in [0.25, 0.3) is 0 Å². The summed E-state index contributed by atoms with van der Waals surface area (Å²) in [5, 5.41) is 0. The van der Waals surface area contributed by atoms with Crippen molar-refractivity contribution in [2.24, 2.45) is 5.92 Å². The maximum absolute atomic E-state index is 12.5. The molecule has 0 radical (unpaired) electrons. The number of hydrogen-bond donors (Lipinski definition) is 0. The largest absolute Gasteiger partial charge is 0.478 e. The van der Waals surface area contributed by atoms with Crippen molar-refractivity contribution in [1.82, 2.24) is 0 Å². The van der Waals surface area contributed by atoms with Gasteiger partial charge in [-0.3, -0.25) is 0 Å². The van der Waals surface area contributed by atoms with Crippen molar-refractivity contribution < 1.29 is 18.7 Å². The molecule has 4 nitrogen and oxygen atoms in total. The molecule has 1 unspecified atom stereocenters. The number of hydrogen-bond acceptors (Lipinski definition) is 4. The molecule has 1 heterocycles. The highest BCUT2D eigenvalue weighted by molar-refractivity contribution is 5.75. The molecule has 0 fully saturated rings. The summed E-state index contributed by atoms with van der Waals surface area (Å²) in [5.41, 5.74) is 3.14. The van der Waals surface area contributed by atoms with Crippen molar-refractivity contribution in [2.45, 2.75) is 39.9 Å². The summed E-state index contributed by atoms with van der Waals surface area (Å²) in [4.78, 5) is 12.5. The normalized spacial score (nSPS) is 12.0. The van der Waals surface area contributed by atoms with Crippen molar-refractivity contribution in [3.05, 3.63) is 89.4 Å². The molecule has 0 spiro atoms. The zero-order valence-electron chi connectivity index (χ0n) is 16.6. The maximum atomic E-state index is 12.5. The molecule has 0 saturated carbocycles. The molecule has 146 valence electrons. The van der Waals surface area contributed by atoms with Gasteiger partial charge in [0, 0.05) is 17.9 Å². The fraction of sp³-hybridized carbons (Fsp3) is 0.292. The molecule has 0 aliphatic carbocycles. The molecule has 0 amide bonds. The van der Waals surface area contributed by atoms with E-state index in [-0.39, 0.29) is 18.5 Å². The van der Waals surface area contributed by atoms with Crippen LogP contribution in [0.4, 0.5) is 0 Å². The number of benzene rings is 2. The molecule has 0 aliphatic heterocycles. The van der Waals surface area contributed by atoms with Gasteiger partial charge < -0.3 is 13.9 Å². The Balaban J connectivity index is 1.56. The number of carbonyl (C=O) groups excluding carboxylic acids is 1. The first-order chi connectivity index (χ1) is 13.5. The molecule has 2 aromatic carbocycles. The quantitative estimate of drug-likeness (QED) is 0.497. The number of furan rings is 1. The highest BCUT2D eigenvalue weighted by Crippen LogP contribution is 2.19. The molecule has 3 aromatic rings. The van der Waals surface area contributed by atoms with Crippen LogP contribution in [0.15, 0.2) is 71.3 Å². The Morgan fingerprint density at radius 1 is 1.00 bits per heavy atom. The van der Waals surface area contributed by atoms with Gasteiger partial charge in [-0.05, 0) is 30.7 Å². The topological polar surface area (TPSA) is 48.7 Å². The third kappa shape index (κ3) is 5.49. The molecular weight excluding hydrogens is 352 g/mol. The Morgan fingerprint density at radius 3 is 2.39 bits per heavy atom. The van der Waals surface area contributed by atoms with Gasteiger partial charge >= 0.3 is 5.97 Å². The number of esters is 1. The van der Waals surface area contributed by atoms with Gasteiger partial charge in [0.1, 0.15) is 18.1 Å². The summed E-state index contributed by atoms with van der Waals surface area (Å²) in [6, 6.07) is 19.7. The van der Waals surface area contributed by atoms with E-state index in [0.717, 1.165) is 16.9 Å². The van der Waals surface area contributed by atoms with Crippen molar-refractivity contribution in [1.29, 1.82) is 0 Å². The molecular formula is C24H26O4. The second kappa shape index (κ2) is 9.27. The molecule has 1 atom stereocenters. The lowest BCUT2D eigenvalue weighted by molar-refractivity contribution is -0.155. The van der Waals surface area contributed by atoms with E-state index < -0.39 is 6.10 Å². The first kappa shape index (κ1) is 19.7. The predicted octanol–water partition coefficient (Wildman–Crippen LogP) is 5.33. The van der Waals surface area contributed by atoms with Crippen LogP contribution in [0, 0.1) is 12.8 Å². The number of rotatable bonds is 8. The second-order valence-corrected chi connectivity index (χ2v) is 7.29. The zero-order valence-corrected chi connectivity index (χ0v) is 16.6. The van der Waals surface area contributed by atoms with Crippen LogP contribution >= 0.6 is 0 Å². The van der Waals surface area contributed by atoms with Crippen LogP contribution in [0.5, 0.6) is 5.75 Å². The van der Waals surface area contributed by atoms with E-state index in [9.17, 15) is 4.79 Å². The van der Waals surface area contributed by atoms with Crippen LogP contribution in [0.25, 0.3) is 0 Å². The molecule has 0 saturated heterocycles. The molecule has 0 N–H and O–H groups in total. The summed E-state index contributed by atoms with van der Waals surface area (Å²) < 4.78 is 16.9.